The molecule has 2 heterocycles. The van der Waals surface area contributed by atoms with Gasteiger partial charge in [0.2, 0.25) is 0 Å². The van der Waals surface area contributed by atoms with Crippen LogP contribution in [0.15, 0.2) is 42.6 Å². The van der Waals surface area contributed by atoms with Gasteiger partial charge in [-0.3, -0.25) is 9.78 Å². The molecular formula is C21H26N2O. The molecule has 24 heavy (non-hydrogen) atoms. The van der Waals surface area contributed by atoms with Crippen molar-refractivity contribution in [2.45, 2.75) is 39.5 Å². The lowest BCUT2D eigenvalue weighted by Crippen LogP contribution is -2.38. The lowest BCUT2D eigenvalue weighted by molar-refractivity contribution is 0.0691. The van der Waals surface area contributed by atoms with Gasteiger partial charge in [0.05, 0.1) is 0 Å². The molecule has 126 valence electrons. The number of rotatable bonds is 3. The number of carbonyl (C=O) groups is 1. The number of pyridine rings is 1. The number of benzene rings is 1. The summed E-state index contributed by atoms with van der Waals surface area (Å²) >= 11 is 0. The standard InChI is InChI=1S/C21H26N2O/c1-15(2)17-4-6-18(7-5-17)19-8-11-22-20(14-19)21(24)23-12-9-16(3)10-13-23/h4-8,11,14-16H,9-10,12-13H2,1-3H3. The highest BCUT2D eigenvalue weighted by atomic mass is 16.2. The third-order valence-electron chi connectivity index (χ3n) is 4.96. The Balaban J connectivity index is 1.79. The molecule has 1 fully saturated rings. The summed E-state index contributed by atoms with van der Waals surface area (Å²) in [7, 11) is 0. The number of carbonyl (C=O) groups excluding carboxylic acids is 1. The number of likely N-dealkylation sites (tertiary alicyclic amines) is 1. The van der Waals surface area contributed by atoms with Crippen molar-refractivity contribution in [2.75, 3.05) is 13.1 Å². The van der Waals surface area contributed by atoms with E-state index in [1.165, 1.54) is 5.56 Å². The summed E-state index contributed by atoms with van der Waals surface area (Å²) < 4.78 is 0. The number of hydrogen-bond acceptors (Lipinski definition) is 2. The van der Waals surface area contributed by atoms with E-state index in [1.54, 1.807) is 6.20 Å². The quantitative estimate of drug-likeness (QED) is 0.817. The molecule has 0 saturated carbocycles. The first-order chi connectivity index (χ1) is 11.5. The molecule has 1 aromatic heterocycles. The zero-order valence-electron chi connectivity index (χ0n) is 14.8. The summed E-state index contributed by atoms with van der Waals surface area (Å²) in [5.41, 5.74) is 4.05. The minimum atomic E-state index is 0.0579. The zero-order valence-corrected chi connectivity index (χ0v) is 14.8. The fraction of sp³-hybridized carbons (Fsp3) is 0.429. The van der Waals surface area contributed by atoms with Crippen LogP contribution in [0.3, 0.4) is 0 Å². The van der Waals surface area contributed by atoms with Crippen molar-refractivity contribution in [2.24, 2.45) is 5.92 Å². The van der Waals surface area contributed by atoms with Gasteiger partial charge in [-0.2, -0.15) is 0 Å². The van der Waals surface area contributed by atoms with Crippen LogP contribution in [0.2, 0.25) is 0 Å². The molecular weight excluding hydrogens is 296 g/mol. The fourth-order valence-electron chi connectivity index (χ4n) is 3.16. The van der Waals surface area contributed by atoms with Crippen molar-refractivity contribution in [3.8, 4) is 11.1 Å². The molecule has 0 radical (unpaired) electrons. The van der Waals surface area contributed by atoms with E-state index < -0.39 is 0 Å². The van der Waals surface area contributed by atoms with Crippen molar-refractivity contribution in [3.05, 3.63) is 53.9 Å². The lowest BCUT2D eigenvalue weighted by Gasteiger charge is -2.30. The van der Waals surface area contributed by atoms with Gasteiger partial charge >= 0.3 is 0 Å². The minimum absolute atomic E-state index is 0.0579. The molecule has 3 heteroatoms. The second-order valence-electron chi connectivity index (χ2n) is 7.18. The first kappa shape index (κ1) is 16.7. The van der Waals surface area contributed by atoms with Crippen LogP contribution in [0, 0.1) is 5.92 Å². The summed E-state index contributed by atoms with van der Waals surface area (Å²) in [6.07, 6.45) is 3.91. The van der Waals surface area contributed by atoms with Crippen LogP contribution in [0.4, 0.5) is 0 Å². The van der Waals surface area contributed by atoms with Gasteiger partial charge in [-0.15, -0.1) is 0 Å². The van der Waals surface area contributed by atoms with E-state index in [2.05, 4.69) is 50.0 Å². The Morgan fingerprint density at radius 2 is 1.75 bits per heavy atom. The number of nitrogens with zero attached hydrogens (tertiary/aromatic N) is 2. The Bertz CT molecular complexity index is 698. The number of piperidine rings is 1. The van der Waals surface area contributed by atoms with Gasteiger partial charge in [-0.25, -0.2) is 0 Å². The maximum absolute atomic E-state index is 12.7. The number of hydrogen-bond donors (Lipinski definition) is 0. The molecule has 0 unspecified atom stereocenters. The molecule has 2 aromatic rings. The molecule has 1 amide bonds. The highest BCUT2D eigenvalue weighted by Gasteiger charge is 2.22. The molecule has 1 aliphatic heterocycles. The topological polar surface area (TPSA) is 33.2 Å². The van der Waals surface area contributed by atoms with Crippen molar-refractivity contribution < 1.29 is 4.79 Å². The van der Waals surface area contributed by atoms with Crippen molar-refractivity contribution in [1.29, 1.82) is 0 Å². The van der Waals surface area contributed by atoms with E-state index in [4.69, 9.17) is 0 Å². The minimum Gasteiger partial charge on any atom is -0.337 e. The second kappa shape index (κ2) is 7.16. The summed E-state index contributed by atoms with van der Waals surface area (Å²) in [5, 5.41) is 0. The van der Waals surface area contributed by atoms with Gasteiger partial charge < -0.3 is 4.90 Å². The van der Waals surface area contributed by atoms with Crippen molar-refractivity contribution in [1.82, 2.24) is 9.88 Å². The maximum atomic E-state index is 12.7. The van der Waals surface area contributed by atoms with Crippen LogP contribution < -0.4 is 0 Å². The lowest BCUT2D eigenvalue weighted by atomic mass is 9.98. The van der Waals surface area contributed by atoms with Crippen LogP contribution >= 0.6 is 0 Å². The predicted molar refractivity (Wildman–Crippen MR) is 98.1 cm³/mol. The molecule has 0 bridgehead atoms. The molecule has 0 N–H and O–H groups in total. The summed E-state index contributed by atoms with van der Waals surface area (Å²) in [6.45, 7) is 8.32. The van der Waals surface area contributed by atoms with Gasteiger partial charge in [0, 0.05) is 19.3 Å². The van der Waals surface area contributed by atoms with Gasteiger partial charge in [0.1, 0.15) is 5.69 Å². The van der Waals surface area contributed by atoms with Crippen molar-refractivity contribution >= 4 is 5.91 Å². The highest BCUT2D eigenvalue weighted by molar-refractivity contribution is 5.93. The molecule has 1 aliphatic rings. The van der Waals surface area contributed by atoms with Gasteiger partial charge in [0.15, 0.2) is 0 Å². The Morgan fingerprint density at radius 3 is 2.38 bits per heavy atom. The third kappa shape index (κ3) is 3.66. The van der Waals surface area contributed by atoms with E-state index in [0.29, 0.717) is 17.5 Å². The van der Waals surface area contributed by atoms with Crippen LogP contribution in [0.25, 0.3) is 11.1 Å². The zero-order chi connectivity index (χ0) is 17.1. The summed E-state index contributed by atoms with van der Waals surface area (Å²) in [6, 6.07) is 12.5. The molecule has 0 aliphatic carbocycles. The molecule has 0 spiro atoms. The molecule has 3 rings (SSSR count). The maximum Gasteiger partial charge on any atom is 0.272 e. The Hall–Kier alpha value is -2.16. The highest BCUT2D eigenvalue weighted by Crippen LogP contribution is 2.24. The largest absolute Gasteiger partial charge is 0.337 e. The Labute approximate surface area is 144 Å². The first-order valence-corrected chi connectivity index (χ1v) is 8.90. The van der Waals surface area contributed by atoms with Crippen LogP contribution in [0.1, 0.15) is 55.6 Å². The third-order valence-corrected chi connectivity index (χ3v) is 4.96. The van der Waals surface area contributed by atoms with Gasteiger partial charge in [-0.1, -0.05) is 45.0 Å². The summed E-state index contributed by atoms with van der Waals surface area (Å²) in [4.78, 5) is 18.9. The Kier molecular flexibility index (Phi) is 4.98. The first-order valence-electron chi connectivity index (χ1n) is 8.90. The van der Waals surface area contributed by atoms with E-state index in [-0.39, 0.29) is 5.91 Å². The van der Waals surface area contributed by atoms with Gasteiger partial charge in [0.25, 0.3) is 5.91 Å². The monoisotopic (exact) mass is 322 g/mol. The van der Waals surface area contributed by atoms with Crippen LogP contribution in [-0.4, -0.2) is 28.9 Å². The smallest absolute Gasteiger partial charge is 0.272 e. The van der Waals surface area contributed by atoms with E-state index in [0.717, 1.165) is 37.1 Å². The van der Waals surface area contributed by atoms with E-state index in [9.17, 15) is 4.79 Å². The van der Waals surface area contributed by atoms with Crippen LogP contribution in [0.5, 0.6) is 0 Å². The predicted octanol–water partition coefficient (Wildman–Crippen LogP) is 4.74. The van der Waals surface area contributed by atoms with Crippen molar-refractivity contribution in [3.63, 3.8) is 0 Å². The normalized spacial score (nSPS) is 15.8. The molecule has 1 aromatic carbocycles. The second-order valence-corrected chi connectivity index (χ2v) is 7.18. The average Bonchev–Trinajstić information content (AvgIpc) is 2.62. The van der Waals surface area contributed by atoms with E-state index >= 15 is 0 Å². The SMILES string of the molecule is CC1CCN(C(=O)c2cc(-c3ccc(C(C)C)cc3)ccn2)CC1. The molecule has 3 nitrogen and oxygen atoms in total. The fourth-order valence-corrected chi connectivity index (χ4v) is 3.16. The van der Waals surface area contributed by atoms with Gasteiger partial charge in [-0.05, 0) is 53.5 Å². The molecule has 0 atom stereocenters. The number of amides is 1. The van der Waals surface area contributed by atoms with Crippen LogP contribution in [-0.2, 0) is 0 Å². The number of aromatic nitrogens is 1. The van der Waals surface area contributed by atoms with E-state index in [1.807, 2.05) is 17.0 Å². The molecule has 1 saturated heterocycles. The summed E-state index contributed by atoms with van der Waals surface area (Å²) in [5.74, 6) is 1.30. The Morgan fingerprint density at radius 1 is 1.08 bits per heavy atom. The average molecular weight is 322 g/mol.